The molecule has 4 aromatic rings. The van der Waals surface area contributed by atoms with Crippen molar-refractivity contribution >= 4 is 68.6 Å². The molecule has 4 N–H and O–H groups in total. The number of hydrogen-bond acceptors (Lipinski definition) is 4. The number of rotatable bonds is 4. The third-order valence-electron chi connectivity index (χ3n) is 4.94. The van der Waals surface area contributed by atoms with Gasteiger partial charge in [-0.2, -0.15) is 0 Å². The van der Waals surface area contributed by atoms with Crippen molar-refractivity contribution in [3.8, 4) is 0 Å². The summed E-state index contributed by atoms with van der Waals surface area (Å²) in [6, 6.07) is 29.0. The monoisotopic (exact) mass is 484 g/mol. The van der Waals surface area contributed by atoms with Crippen molar-refractivity contribution in [2.75, 3.05) is 10.6 Å². The molecule has 8 heteroatoms. The third kappa shape index (κ3) is 5.61. The van der Waals surface area contributed by atoms with Gasteiger partial charge in [0.15, 0.2) is 10.2 Å². The molecule has 0 aliphatic heterocycles. The van der Waals surface area contributed by atoms with Gasteiger partial charge in [0.1, 0.15) is 0 Å². The Labute approximate surface area is 207 Å². The minimum Gasteiger partial charge on any atom is -0.332 e. The van der Waals surface area contributed by atoms with Crippen molar-refractivity contribution in [2.45, 2.75) is 0 Å². The first-order valence-electron chi connectivity index (χ1n) is 10.4. The van der Waals surface area contributed by atoms with E-state index in [0.29, 0.717) is 11.1 Å². The molecule has 0 spiro atoms. The Kier molecular flexibility index (Phi) is 7.22. The number of carbonyl (C=O) groups is 2. The molecule has 4 rings (SSSR count). The quantitative estimate of drug-likeness (QED) is 0.302. The Morgan fingerprint density at radius 2 is 0.882 bits per heavy atom. The predicted molar refractivity (Wildman–Crippen MR) is 144 cm³/mol. The molecule has 34 heavy (non-hydrogen) atoms. The van der Waals surface area contributed by atoms with Crippen LogP contribution in [0.15, 0.2) is 97.1 Å². The molecule has 0 aliphatic rings. The van der Waals surface area contributed by atoms with Crippen LogP contribution in [-0.2, 0) is 0 Å². The predicted octanol–water partition coefficient (Wildman–Crippen LogP) is 5.09. The highest BCUT2D eigenvalue weighted by Gasteiger charge is 2.12. The summed E-state index contributed by atoms with van der Waals surface area (Å²) in [6.07, 6.45) is 0. The van der Waals surface area contributed by atoms with E-state index in [2.05, 4.69) is 21.3 Å². The maximum absolute atomic E-state index is 12.4. The number of carbonyl (C=O) groups excluding carboxylic acids is 2. The van der Waals surface area contributed by atoms with Crippen molar-refractivity contribution in [2.24, 2.45) is 0 Å². The van der Waals surface area contributed by atoms with Gasteiger partial charge >= 0.3 is 0 Å². The normalized spacial score (nSPS) is 10.2. The summed E-state index contributed by atoms with van der Waals surface area (Å²) < 4.78 is 0. The topological polar surface area (TPSA) is 82.3 Å². The Hall–Kier alpha value is -4.14. The third-order valence-corrected chi connectivity index (χ3v) is 5.35. The van der Waals surface area contributed by atoms with Gasteiger partial charge in [-0.3, -0.25) is 20.2 Å². The summed E-state index contributed by atoms with van der Waals surface area (Å²) in [5.41, 5.74) is 2.47. The lowest BCUT2D eigenvalue weighted by Crippen LogP contribution is -2.34. The average molecular weight is 485 g/mol. The lowest BCUT2D eigenvalue weighted by molar-refractivity contribution is 0.0969. The molecule has 0 saturated carbocycles. The molecule has 0 aromatic heterocycles. The van der Waals surface area contributed by atoms with Gasteiger partial charge < -0.3 is 10.6 Å². The molecular weight excluding hydrogens is 464 g/mol. The van der Waals surface area contributed by atoms with E-state index >= 15 is 0 Å². The summed E-state index contributed by atoms with van der Waals surface area (Å²) in [5.74, 6) is -0.583. The van der Waals surface area contributed by atoms with Crippen LogP contribution in [0.4, 0.5) is 11.4 Å². The van der Waals surface area contributed by atoms with E-state index in [1.54, 1.807) is 48.5 Å². The summed E-state index contributed by atoms with van der Waals surface area (Å²) in [6.45, 7) is 0. The van der Waals surface area contributed by atoms with Crippen LogP contribution in [0.2, 0.25) is 0 Å². The van der Waals surface area contributed by atoms with E-state index in [9.17, 15) is 9.59 Å². The van der Waals surface area contributed by atoms with Crippen LogP contribution in [0.3, 0.4) is 0 Å². The first kappa shape index (κ1) is 23.0. The van der Waals surface area contributed by atoms with Gasteiger partial charge in [-0.25, -0.2) is 0 Å². The Bertz CT molecular complexity index is 1270. The van der Waals surface area contributed by atoms with Crippen molar-refractivity contribution in [1.29, 1.82) is 0 Å². The molecule has 0 heterocycles. The molecule has 2 amide bonds. The van der Waals surface area contributed by atoms with Crippen LogP contribution >= 0.6 is 24.4 Å². The number of thiocarbonyl (C=S) groups is 2. The summed E-state index contributed by atoms with van der Waals surface area (Å²) in [7, 11) is 0. The summed E-state index contributed by atoms with van der Waals surface area (Å²) >= 11 is 10.7. The second kappa shape index (κ2) is 10.7. The highest BCUT2D eigenvalue weighted by atomic mass is 32.1. The molecule has 0 bridgehead atoms. The largest absolute Gasteiger partial charge is 0.332 e. The maximum atomic E-state index is 12.4. The molecule has 0 aliphatic carbocycles. The number of nitrogens with one attached hydrogen (secondary N) is 4. The fourth-order valence-corrected chi connectivity index (χ4v) is 3.77. The second-order valence-corrected chi connectivity index (χ2v) is 8.07. The van der Waals surface area contributed by atoms with E-state index in [1.807, 2.05) is 48.5 Å². The fourth-order valence-electron chi connectivity index (χ4n) is 3.36. The first-order chi connectivity index (χ1) is 16.5. The fraction of sp³-hybridized carbons (Fsp3) is 0. The Morgan fingerprint density at radius 3 is 1.26 bits per heavy atom. The van der Waals surface area contributed by atoms with E-state index in [0.717, 1.165) is 22.1 Å². The zero-order valence-electron chi connectivity index (χ0n) is 17.9. The van der Waals surface area contributed by atoms with E-state index < -0.39 is 0 Å². The lowest BCUT2D eigenvalue weighted by atomic mass is 10.1. The van der Waals surface area contributed by atoms with Crippen LogP contribution in [0.25, 0.3) is 10.8 Å². The van der Waals surface area contributed by atoms with Gasteiger partial charge in [0, 0.05) is 33.3 Å². The molecule has 0 radical (unpaired) electrons. The second-order valence-electron chi connectivity index (χ2n) is 7.25. The van der Waals surface area contributed by atoms with Gasteiger partial charge in [-0.15, -0.1) is 0 Å². The van der Waals surface area contributed by atoms with Crippen molar-refractivity contribution in [1.82, 2.24) is 10.6 Å². The van der Waals surface area contributed by atoms with Crippen LogP contribution in [-0.4, -0.2) is 22.0 Å². The smallest absolute Gasteiger partial charge is 0.257 e. The van der Waals surface area contributed by atoms with Crippen molar-refractivity contribution < 1.29 is 9.59 Å². The minimum atomic E-state index is -0.291. The van der Waals surface area contributed by atoms with Gasteiger partial charge in [0.25, 0.3) is 11.8 Å². The molecule has 168 valence electrons. The van der Waals surface area contributed by atoms with Crippen LogP contribution in [0.1, 0.15) is 20.7 Å². The Balaban J connectivity index is 1.47. The highest BCUT2D eigenvalue weighted by Crippen LogP contribution is 2.29. The van der Waals surface area contributed by atoms with E-state index in [1.165, 1.54) is 0 Å². The van der Waals surface area contributed by atoms with Gasteiger partial charge in [0.05, 0.1) is 0 Å². The zero-order chi connectivity index (χ0) is 23.9. The maximum Gasteiger partial charge on any atom is 0.257 e. The number of fused-ring (bicyclic) bond motifs is 1. The molecular formula is C26H20N4O2S2. The van der Waals surface area contributed by atoms with Gasteiger partial charge in [-0.05, 0) is 60.8 Å². The molecule has 0 atom stereocenters. The minimum absolute atomic E-state index is 0.186. The van der Waals surface area contributed by atoms with E-state index in [4.69, 9.17) is 24.4 Å². The molecule has 0 saturated heterocycles. The molecule has 4 aromatic carbocycles. The highest BCUT2D eigenvalue weighted by molar-refractivity contribution is 7.80. The Morgan fingerprint density at radius 1 is 0.500 bits per heavy atom. The van der Waals surface area contributed by atoms with Gasteiger partial charge in [-0.1, -0.05) is 60.7 Å². The number of anilines is 2. The first-order valence-corrected chi connectivity index (χ1v) is 11.2. The SMILES string of the molecule is O=C(NC(=S)Nc1cccc2c(NC(=S)NC(=O)c3ccccc3)cccc12)c1ccccc1. The van der Waals surface area contributed by atoms with Crippen LogP contribution < -0.4 is 21.3 Å². The van der Waals surface area contributed by atoms with E-state index in [-0.39, 0.29) is 22.0 Å². The van der Waals surface area contributed by atoms with Crippen molar-refractivity contribution in [3.05, 3.63) is 108 Å². The average Bonchev–Trinajstić information content (AvgIpc) is 2.85. The van der Waals surface area contributed by atoms with Crippen LogP contribution in [0, 0.1) is 0 Å². The zero-order valence-corrected chi connectivity index (χ0v) is 19.5. The standard InChI is InChI=1S/C26H20N4O2S2/c31-23(17-9-3-1-4-10-17)29-25(33)27-21-15-7-14-20-19(21)13-8-16-22(20)28-26(34)30-24(32)18-11-5-2-6-12-18/h1-16H,(H2,27,29,31,33)(H2,28,30,32,34). The molecule has 6 nitrogen and oxygen atoms in total. The number of benzene rings is 4. The lowest BCUT2D eigenvalue weighted by Gasteiger charge is -2.15. The van der Waals surface area contributed by atoms with Crippen LogP contribution in [0.5, 0.6) is 0 Å². The number of amides is 2. The number of hydrogen-bond donors (Lipinski definition) is 4. The van der Waals surface area contributed by atoms with Gasteiger partial charge in [0.2, 0.25) is 0 Å². The molecule has 0 fully saturated rings. The molecule has 0 unspecified atom stereocenters. The summed E-state index contributed by atoms with van der Waals surface area (Å²) in [5, 5.41) is 13.7. The van der Waals surface area contributed by atoms with Crippen molar-refractivity contribution in [3.63, 3.8) is 0 Å². The summed E-state index contributed by atoms with van der Waals surface area (Å²) in [4.78, 5) is 24.8.